The summed E-state index contributed by atoms with van der Waals surface area (Å²) in [6.07, 6.45) is 2.62. The highest BCUT2D eigenvalue weighted by Crippen LogP contribution is 2.19. The van der Waals surface area contributed by atoms with Crippen LogP contribution in [0.25, 0.3) is 11.2 Å². The molecule has 0 fully saturated rings. The molecule has 0 saturated heterocycles. The number of hydrogen-bond donors (Lipinski definition) is 1. The first-order chi connectivity index (χ1) is 14.2. The lowest BCUT2D eigenvalue weighted by Crippen LogP contribution is -2.14. The number of carbonyl (C=O) groups is 1. The fraction of sp³-hybridized carbons (Fsp3) is 0.174. The first kappa shape index (κ1) is 18.7. The summed E-state index contributed by atoms with van der Waals surface area (Å²) in [6, 6.07) is 21.3. The van der Waals surface area contributed by atoms with Crippen molar-refractivity contribution in [2.75, 3.05) is 12.4 Å². The number of aromatic nitrogens is 3. The molecule has 6 heteroatoms. The van der Waals surface area contributed by atoms with Gasteiger partial charge in [0.2, 0.25) is 5.91 Å². The SMILES string of the molecule is COc1cccc(NC(=O)CCc2nc3cccnc3n2Cc2ccccc2)c1. The van der Waals surface area contributed by atoms with Crippen LogP contribution < -0.4 is 10.1 Å². The molecule has 0 aliphatic carbocycles. The molecule has 0 saturated carbocycles. The number of methoxy groups -OCH3 is 1. The monoisotopic (exact) mass is 386 g/mol. The van der Waals surface area contributed by atoms with Crippen LogP contribution in [0.1, 0.15) is 17.8 Å². The van der Waals surface area contributed by atoms with Crippen LogP contribution in [-0.4, -0.2) is 27.6 Å². The Bertz CT molecular complexity index is 1120. The molecule has 2 aromatic carbocycles. The van der Waals surface area contributed by atoms with Crippen molar-refractivity contribution in [3.63, 3.8) is 0 Å². The van der Waals surface area contributed by atoms with Crippen LogP contribution in [0.4, 0.5) is 5.69 Å². The molecule has 0 radical (unpaired) electrons. The summed E-state index contributed by atoms with van der Waals surface area (Å²) in [5, 5.41) is 2.92. The third-order valence-corrected chi connectivity index (χ3v) is 4.70. The number of imidazole rings is 1. The first-order valence-electron chi connectivity index (χ1n) is 9.51. The molecular weight excluding hydrogens is 364 g/mol. The number of aryl methyl sites for hydroxylation is 1. The Hall–Kier alpha value is -3.67. The number of rotatable bonds is 7. The van der Waals surface area contributed by atoms with Crippen LogP contribution in [0, 0.1) is 0 Å². The Morgan fingerprint density at radius 2 is 1.93 bits per heavy atom. The number of nitrogens with one attached hydrogen (secondary N) is 1. The standard InChI is InChI=1S/C23H22N4O2/c1-29-19-10-5-9-18(15-19)25-22(28)13-12-21-26-20-11-6-14-24-23(20)27(21)16-17-7-3-2-4-8-17/h2-11,14-15H,12-13,16H2,1H3,(H,25,28). The summed E-state index contributed by atoms with van der Waals surface area (Å²) in [6.45, 7) is 0.668. The molecule has 4 rings (SSSR count). The molecule has 2 heterocycles. The molecule has 1 N–H and O–H groups in total. The Morgan fingerprint density at radius 3 is 2.76 bits per heavy atom. The summed E-state index contributed by atoms with van der Waals surface area (Å²) in [7, 11) is 1.60. The number of anilines is 1. The number of pyridine rings is 1. The number of amides is 1. The summed E-state index contributed by atoms with van der Waals surface area (Å²) in [5.41, 5.74) is 3.56. The molecule has 0 aliphatic heterocycles. The Labute approximate surface area is 169 Å². The van der Waals surface area contributed by atoms with E-state index in [1.165, 1.54) is 5.56 Å². The average Bonchev–Trinajstić information content (AvgIpc) is 3.10. The van der Waals surface area contributed by atoms with Gasteiger partial charge in [-0.25, -0.2) is 9.97 Å². The molecule has 4 aromatic rings. The molecular formula is C23H22N4O2. The second kappa shape index (κ2) is 8.56. The van der Waals surface area contributed by atoms with Crippen molar-refractivity contribution in [3.8, 4) is 5.75 Å². The van der Waals surface area contributed by atoms with Crippen LogP contribution in [0.5, 0.6) is 5.75 Å². The van der Waals surface area contributed by atoms with Crippen LogP contribution in [0.15, 0.2) is 72.9 Å². The molecule has 0 bridgehead atoms. The zero-order chi connectivity index (χ0) is 20.1. The third-order valence-electron chi connectivity index (χ3n) is 4.70. The van der Waals surface area contributed by atoms with Crippen molar-refractivity contribution in [2.45, 2.75) is 19.4 Å². The van der Waals surface area contributed by atoms with E-state index in [1.807, 2.05) is 48.5 Å². The largest absolute Gasteiger partial charge is 0.497 e. The smallest absolute Gasteiger partial charge is 0.224 e. The highest BCUT2D eigenvalue weighted by atomic mass is 16.5. The lowest BCUT2D eigenvalue weighted by molar-refractivity contribution is -0.116. The van der Waals surface area contributed by atoms with Gasteiger partial charge in [0.05, 0.1) is 13.7 Å². The van der Waals surface area contributed by atoms with E-state index in [-0.39, 0.29) is 5.91 Å². The molecule has 6 nitrogen and oxygen atoms in total. The van der Waals surface area contributed by atoms with Crippen LogP contribution in [0.3, 0.4) is 0 Å². The molecule has 29 heavy (non-hydrogen) atoms. The molecule has 1 amide bonds. The molecule has 0 aliphatic rings. The molecule has 2 aromatic heterocycles. The number of ether oxygens (including phenoxy) is 1. The molecule has 0 spiro atoms. The van der Waals surface area contributed by atoms with E-state index in [9.17, 15) is 4.79 Å². The Balaban J connectivity index is 1.51. The van der Waals surface area contributed by atoms with Gasteiger partial charge in [0.15, 0.2) is 5.65 Å². The zero-order valence-electron chi connectivity index (χ0n) is 16.2. The van der Waals surface area contributed by atoms with Crippen molar-refractivity contribution in [3.05, 3.63) is 84.3 Å². The van der Waals surface area contributed by atoms with Crippen molar-refractivity contribution in [2.24, 2.45) is 0 Å². The fourth-order valence-electron chi connectivity index (χ4n) is 3.28. The lowest BCUT2D eigenvalue weighted by Gasteiger charge is -2.10. The minimum atomic E-state index is -0.0653. The van der Waals surface area contributed by atoms with E-state index >= 15 is 0 Å². The van der Waals surface area contributed by atoms with Gasteiger partial charge in [0.1, 0.15) is 17.1 Å². The van der Waals surface area contributed by atoms with Crippen LogP contribution in [0.2, 0.25) is 0 Å². The number of hydrogen-bond acceptors (Lipinski definition) is 4. The number of benzene rings is 2. The maximum absolute atomic E-state index is 12.5. The number of carbonyl (C=O) groups excluding carboxylic acids is 1. The summed E-state index contributed by atoms with van der Waals surface area (Å²) in [5.74, 6) is 1.49. The van der Waals surface area contributed by atoms with Crippen molar-refractivity contribution in [1.82, 2.24) is 14.5 Å². The van der Waals surface area contributed by atoms with Crippen molar-refractivity contribution in [1.29, 1.82) is 0 Å². The second-order valence-corrected chi connectivity index (χ2v) is 6.73. The van der Waals surface area contributed by atoms with E-state index in [4.69, 9.17) is 9.72 Å². The third kappa shape index (κ3) is 4.43. The molecule has 0 unspecified atom stereocenters. The fourth-order valence-corrected chi connectivity index (χ4v) is 3.28. The van der Waals surface area contributed by atoms with E-state index in [1.54, 1.807) is 19.4 Å². The average molecular weight is 386 g/mol. The van der Waals surface area contributed by atoms with Gasteiger partial charge >= 0.3 is 0 Å². The molecule has 146 valence electrons. The normalized spacial score (nSPS) is 10.8. The minimum absolute atomic E-state index is 0.0653. The van der Waals surface area contributed by atoms with Gasteiger partial charge in [-0.2, -0.15) is 0 Å². The lowest BCUT2D eigenvalue weighted by atomic mass is 10.2. The van der Waals surface area contributed by atoms with Crippen LogP contribution in [-0.2, 0) is 17.8 Å². The first-order valence-corrected chi connectivity index (χ1v) is 9.51. The van der Waals surface area contributed by atoms with Gasteiger partial charge in [-0.15, -0.1) is 0 Å². The number of fused-ring (bicyclic) bond motifs is 1. The van der Waals surface area contributed by atoms with Crippen molar-refractivity contribution >= 4 is 22.8 Å². The van der Waals surface area contributed by atoms with E-state index < -0.39 is 0 Å². The number of nitrogens with zero attached hydrogens (tertiary/aromatic N) is 3. The van der Waals surface area contributed by atoms with Gasteiger partial charge in [0.25, 0.3) is 0 Å². The summed E-state index contributed by atoms with van der Waals surface area (Å²) >= 11 is 0. The Kier molecular flexibility index (Phi) is 5.52. The van der Waals surface area contributed by atoms with Gasteiger partial charge in [-0.05, 0) is 29.8 Å². The predicted octanol–water partition coefficient (Wildman–Crippen LogP) is 4.06. The van der Waals surface area contributed by atoms with Gasteiger partial charge in [-0.3, -0.25) is 4.79 Å². The quantitative estimate of drug-likeness (QED) is 0.520. The Morgan fingerprint density at radius 1 is 1.07 bits per heavy atom. The van der Waals surface area contributed by atoms with Crippen molar-refractivity contribution < 1.29 is 9.53 Å². The maximum atomic E-state index is 12.5. The highest BCUT2D eigenvalue weighted by Gasteiger charge is 2.14. The predicted molar refractivity (Wildman–Crippen MR) is 113 cm³/mol. The van der Waals surface area contributed by atoms with E-state index in [2.05, 4.69) is 27.0 Å². The molecule has 0 atom stereocenters. The summed E-state index contributed by atoms with van der Waals surface area (Å²) < 4.78 is 7.29. The van der Waals surface area contributed by atoms with Gasteiger partial charge in [0, 0.05) is 30.8 Å². The zero-order valence-corrected chi connectivity index (χ0v) is 16.2. The minimum Gasteiger partial charge on any atom is -0.497 e. The second-order valence-electron chi connectivity index (χ2n) is 6.73. The topological polar surface area (TPSA) is 69.0 Å². The summed E-state index contributed by atoms with van der Waals surface area (Å²) in [4.78, 5) is 21.7. The van der Waals surface area contributed by atoms with Crippen LogP contribution >= 0.6 is 0 Å². The maximum Gasteiger partial charge on any atom is 0.224 e. The van der Waals surface area contributed by atoms with E-state index in [0.29, 0.717) is 30.8 Å². The van der Waals surface area contributed by atoms with E-state index in [0.717, 1.165) is 17.0 Å². The van der Waals surface area contributed by atoms with Gasteiger partial charge in [-0.1, -0.05) is 36.4 Å². The van der Waals surface area contributed by atoms with Gasteiger partial charge < -0.3 is 14.6 Å². The highest BCUT2D eigenvalue weighted by molar-refractivity contribution is 5.91.